The fourth-order valence-corrected chi connectivity index (χ4v) is 11.7. The van der Waals surface area contributed by atoms with Crippen LogP contribution in [-0.4, -0.2) is 51.2 Å². The Balaban J connectivity index is 6.06. The number of hydrogen-bond donors (Lipinski definition) is 0. The predicted octanol–water partition coefficient (Wildman–Crippen LogP) is 8.54. The smallest absolute Gasteiger partial charge is 0.368 e. The Labute approximate surface area is 227 Å². The minimum atomic E-state index is -3.05. The van der Waals surface area contributed by atoms with E-state index >= 15 is 0 Å². The van der Waals surface area contributed by atoms with Crippen LogP contribution in [0, 0.1) is 0 Å². The summed E-state index contributed by atoms with van der Waals surface area (Å²) in [5.74, 6) is 0. The molecule has 218 valence electrons. The second-order valence-electron chi connectivity index (χ2n) is 15.9. The Bertz CT molecular complexity index is 513. The summed E-state index contributed by atoms with van der Waals surface area (Å²) in [6.45, 7) is 37.2. The van der Waals surface area contributed by atoms with Gasteiger partial charge in [-0.2, -0.15) is 0 Å². The highest BCUT2D eigenvalue weighted by molar-refractivity contribution is 6.61. The minimum absolute atomic E-state index is 0.388. The molecule has 0 spiro atoms. The molecule has 0 radical (unpaired) electrons. The Morgan fingerprint density at radius 3 is 0.556 bits per heavy atom. The second-order valence-corrected chi connectivity index (χ2v) is 20.8. The molecular weight excluding hydrogens is 488 g/mol. The molecule has 0 aliphatic rings. The van der Waals surface area contributed by atoms with Crippen molar-refractivity contribution in [3.63, 3.8) is 0 Å². The third-order valence-electron chi connectivity index (χ3n) is 3.99. The fourth-order valence-electron chi connectivity index (χ4n) is 3.91. The Kier molecular flexibility index (Phi) is 12.2. The normalized spacial score (nSPS) is 15.5. The van der Waals surface area contributed by atoms with E-state index in [1.807, 2.05) is 0 Å². The first-order valence-corrected chi connectivity index (χ1v) is 17.5. The van der Waals surface area contributed by atoms with Crippen molar-refractivity contribution < 1.29 is 26.6 Å². The van der Waals surface area contributed by atoms with Gasteiger partial charge < -0.3 is 26.6 Å². The van der Waals surface area contributed by atoms with Crippen LogP contribution < -0.4 is 0 Å². The molecule has 0 aromatic carbocycles. The molecule has 0 amide bonds. The highest BCUT2D eigenvalue weighted by atomic mass is 28.4. The summed E-state index contributed by atoms with van der Waals surface area (Å²) in [5, 5.41) is 0. The van der Waals surface area contributed by atoms with E-state index in [1.165, 1.54) is 0 Å². The van der Waals surface area contributed by atoms with Crippen molar-refractivity contribution in [2.45, 2.75) is 183 Å². The van der Waals surface area contributed by atoms with E-state index in [-0.39, 0.29) is 33.6 Å². The van der Waals surface area contributed by atoms with E-state index in [9.17, 15) is 0 Å². The Morgan fingerprint density at radius 1 is 0.306 bits per heavy atom. The van der Waals surface area contributed by atoms with Crippen LogP contribution in [0.2, 0.25) is 12.1 Å². The van der Waals surface area contributed by atoms with Gasteiger partial charge >= 0.3 is 17.6 Å². The zero-order valence-corrected chi connectivity index (χ0v) is 29.3. The molecular formula is C28H62O6Si2. The lowest BCUT2D eigenvalue weighted by molar-refractivity contribution is -0.0791. The quantitative estimate of drug-likeness (QED) is 0.190. The van der Waals surface area contributed by atoms with E-state index in [4.69, 9.17) is 26.6 Å². The van der Waals surface area contributed by atoms with Crippen molar-refractivity contribution in [1.29, 1.82) is 0 Å². The van der Waals surface area contributed by atoms with E-state index in [0.717, 1.165) is 12.8 Å². The lowest BCUT2D eigenvalue weighted by Gasteiger charge is -2.44. The molecule has 0 fully saturated rings. The summed E-state index contributed by atoms with van der Waals surface area (Å²) < 4.78 is 40.0. The first-order chi connectivity index (χ1) is 15.4. The van der Waals surface area contributed by atoms with Gasteiger partial charge in [0, 0.05) is 12.1 Å². The van der Waals surface area contributed by atoms with Crippen molar-refractivity contribution in [2.75, 3.05) is 0 Å². The molecule has 0 unspecified atom stereocenters. The Hall–Kier alpha value is 0.194. The average molecular weight is 551 g/mol. The molecule has 0 aliphatic carbocycles. The fraction of sp³-hybridized carbons (Fsp3) is 1.00. The van der Waals surface area contributed by atoms with Gasteiger partial charge in [-0.3, -0.25) is 0 Å². The SMILES string of the molecule is CC(C)(C)O[Si](CCCC[Si](OC(C)(C)C)(OC(C)(C)C)OC(C)(C)C)(OC(C)(C)C)OC(C)(C)C. The van der Waals surface area contributed by atoms with Gasteiger partial charge in [-0.1, -0.05) is 0 Å². The maximum absolute atomic E-state index is 6.66. The van der Waals surface area contributed by atoms with Crippen LogP contribution >= 0.6 is 0 Å². The maximum atomic E-state index is 6.66. The van der Waals surface area contributed by atoms with Crippen LogP contribution in [0.3, 0.4) is 0 Å². The molecule has 0 atom stereocenters. The number of hydrogen-bond acceptors (Lipinski definition) is 6. The van der Waals surface area contributed by atoms with Crippen LogP contribution in [0.1, 0.15) is 137 Å². The largest absolute Gasteiger partial charge is 0.502 e. The average Bonchev–Trinajstić information content (AvgIpc) is 2.40. The molecule has 0 aliphatic heterocycles. The van der Waals surface area contributed by atoms with Gasteiger partial charge in [0.15, 0.2) is 0 Å². The van der Waals surface area contributed by atoms with Gasteiger partial charge in [0.1, 0.15) is 0 Å². The number of unbranched alkanes of at least 4 members (excludes halogenated alkanes) is 1. The summed E-state index contributed by atoms with van der Waals surface area (Å²) in [4.78, 5) is 0. The van der Waals surface area contributed by atoms with Gasteiger partial charge in [-0.25, -0.2) is 0 Å². The molecule has 8 heteroatoms. The topological polar surface area (TPSA) is 55.4 Å². The van der Waals surface area contributed by atoms with Crippen molar-refractivity contribution >= 4 is 17.6 Å². The van der Waals surface area contributed by atoms with Crippen molar-refractivity contribution in [2.24, 2.45) is 0 Å². The lowest BCUT2D eigenvalue weighted by atomic mass is 10.2. The maximum Gasteiger partial charge on any atom is 0.502 e. The summed E-state index contributed by atoms with van der Waals surface area (Å²) in [5.41, 5.74) is -2.33. The van der Waals surface area contributed by atoms with Crippen molar-refractivity contribution in [3.05, 3.63) is 0 Å². The van der Waals surface area contributed by atoms with E-state index < -0.39 is 17.6 Å². The van der Waals surface area contributed by atoms with Crippen LogP contribution in [0.4, 0.5) is 0 Å². The monoisotopic (exact) mass is 550 g/mol. The molecule has 6 nitrogen and oxygen atoms in total. The lowest BCUT2D eigenvalue weighted by Crippen LogP contribution is -2.58. The molecule has 0 N–H and O–H groups in total. The molecule has 0 saturated carbocycles. The van der Waals surface area contributed by atoms with Crippen LogP contribution in [0.15, 0.2) is 0 Å². The van der Waals surface area contributed by atoms with Gasteiger partial charge in [0.2, 0.25) is 0 Å². The Morgan fingerprint density at radius 2 is 0.444 bits per heavy atom. The molecule has 0 bridgehead atoms. The molecule has 0 aromatic rings. The molecule has 0 rings (SSSR count). The third-order valence-corrected chi connectivity index (χ3v) is 11.5. The summed E-state index contributed by atoms with van der Waals surface area (Å²) in [6.07, 6.45) is 1.72. The zero-order valence-electron chi connectivity index (χ0n) is 27.3. The van der Waals surface area contributed by atoms with Crippen LogP contribution in [0.5, 0.6) is 0 Å². The molecule has 0 heterocycles. The first kappa shape index (κ1) is 36.2. The van der Waals surface area contributed by atoms with Gasteiger partial charge in [0.25, 0.3) is 0 Å². The van der Waals surface area contributed by atoms with Crippen LogP contribution in [0.25, 0.3) is 0 Å². The predicted molar refractivity (Wildman–Crippen MR) is 155 cm³/mol. The first-order valence-electron chi connectivity index (χ1n) is 13.7. The summed E-state index contributed by atoms with van der Waals surface area (Å²) >= 11 is 0. The van der Waals surface area contributed by atoms with Crippen molar-refractivity contribution in [1.82, 2.24) is 0 Å². The summed E-state index contributed by atoms with van der Waals surface area (Å²) in [7, 11) is -6.09. The van der Waals surface area contributed by atoms with Crippen molar-refractivity contribution in [3.8, 4) is 0 Å². The molecule has 36 heavy (non-hydrogen) atoms. The summed E-state index contributed by atoms with van der Waals surface area (Å²) in [6, 6.07) is 1.42. The highest BCUT2D eigenvalue weighted by Gasteiger charge is 2.52. The third kappa shape index (κ3) is 18.4. The van der Waals surface area contributed by atoms with Gasteiger partial charge in [-0.15, -0.1) is 0 Å². The zero-order chi connectivity index (χ0) is 29.1. The van der Waals surface area contributed by atoms with E-state index in [0.29, 0.717) is 12.1 Å². The number of rotatable bonds is 11. The minimum Gasteiger partial charge on any atom is -0.368 e. The molecule has 0 aromatic heterocycles. The van der Waals surface area contributed by atoms with Gasteiger partial charge in [-0.05, 0) is 137 Å². The van der Waals surface area contributed by atoms with E-state index in [2.05, 4.69) is 125 Å². The van der Waals surface area contributed by atoms with E-state index in [1.54, 1.807) is 0 Å². The molecule has 0 saturated heterocycles. The van der Waals surface area contributed by atoms with Gasteiger partial charge in [0.05, 0.1) is 33.6 Å². The highest BCUT2D eigenvalue weighted by Crippen LogP contribution is 2.36. The second kappa shape index (κ2) is 12.2. The van der Waals surface area contributed by atoms with Crippen LogP contribution in [-0.2, 0) is 26.6 Å². The standard InChI is InChI=1S/C28H62O6Si2/c1-23(2,3)29-35(30-24(4,5)6,31-25(7,8)9)21-19-20-22-36(32-26(10,11)12,33-27(13,14)15)34-28(16,17)18/h19-22H2,1-18H3.